The lowest BCUT2D eigenvalue weighted by Crippen LogP contribution is -2.59. The van der Waals surface area contributed by atoms with Crippen molar-refractivity contribution in [1.29, 1.82) is 0 Å². The van der Waals surface area contributed by atoms with E-state index in [0.29, 0.717) is 32.4 Å². The summed E-state index contributed by atoms with van der Waals surface area (Å²) in [5.74, 6) is -2.05. The zero-order valence-corrected chi connectivity index (χ0v) is 22.0. The highest BCUT2D eigenvalue weighted by Crippen LogP contribution is 2.64. The monoisotopic (exact) mass is 489 g/mol. The first-order valence-electron chi connectivity index (χ1n) is 13.0. The van der Waals surface area contributed by atoms with Gasteiger partial charge in [0.15, 0.2) is 0 Å². The molecule has 3 unspecified atom stereocenters. The van der Waals surface area contributed by atoms with Crippen molar-refractivity contribution in [2.45, 2.75) is 89.1 Å². The number of nitrogens with zero attached hydrogens (tertiary/aromatic N) is 3. The zero-order valence-electron chi connectivity index (χ0n) is 22.0. The van der Waals surface area contributed by atoms with Crippen LogP contribution in [0, 0.1) is 11.8 Å². The molecule has 3 amide bonds. The van der Waals surface area contributed by atoms with Crippen LogP contribution < -0.4 is 0 Å². The number of carbonyl (C=O) groups excluding carboxylic acids is 3. The van der Waals surface area contributed by atoms with E-state index in [2.05, 4.69) is 20.1 Å². The van der Waals surface area contributed by atoms with Gasteiger partial charge in [-0.1, -0.05) is 32.4 Å². The Morgan fingerprint density at radius 3 is 2.40 bits per heavy atom. The molecule has 3 aliphatic heterocycles. The minimum atomic E-state index is -1.09. The van der Waals surface area contributed by atoms with Crippen LogP contribution >= 0.6 is 0 Å². The van der Waals surface area contributed by atoms with E-state index in [9.17, 15) is 19.5 Å². The normalized spacial score (nSPS) is 32.8. The van der Waals surface area contributed by atoms with Crippen LogP contribution in [0.15, 0.2) is 25.3 Å². The highest BCUT2D eigenvalue weighted by Gasteiger charge is 2.79. The molecule has 1 N–H and O–H groups in total. The van der Waals surface area contributed by atoms with Crippen molar-refractivity contribution in [3.63, 3.8) is 0 Å². The van der Waals surface area contributed by atoms with Crippen LogP contribution in [0.25, 0.3) is 0 Å². The third kappa shape index (κ3) is 4.12. The zero-order chi connectivity index (χ0) is 26.1. The van der Waals surface area contributed by atoms with Gasteiger partial charge in [-0.05, 0) is 39.5 Å². The lowest BCUT2D eigenvalue weighted by molar-refractivity contribution is -0.158. The largest absolute Gasteiger partial charge is 0.394 e. The number of likely N-dealkylation sites (N-methyl/N-ethyl adjacent to an activating group) is 1. The molecular weight excluding hydrogens is 446 g/mol. The van der Waals surface area contributed by atoms with Gasteiger partial charge in [-0.15, -0.1) is 13.2 Å². The van der Waals surface area contributed by atoms with Crippen molar-refractivity contribution < 1.29 is 24.2 Å². The molecule has 0 aromatic carbocycles. The predicted octanol–water partition coefficient (Wildman–Crippen LogP) is 2.37. The van der Waals surface area contributed by atoms with Crippen LogP contribution in [0.2, 0.25) is 0 Å². The van der Waals surface area contributed by atoms with E-state index in [4.69, 9.17) is 4.74 Å². The minimum Gasteiger partial charge on any atom is -0.394 e. The van der Waals surface area contributed by atoms with Gasteiger partial charge in [-0.3, -0.25) is 14.4 Å². The summed E-state index contributed by atoms with van der Waals surface area (Å²) < 4.78 is 6.79. The van der Waals surface area contributed by atoms with Gasteiger partial charge < -0.3 is 24.5 Å². The van der Waals surface area contributed by atoms with E-state index in [0.717, 1.165) is 12.8 Å². The van der Waals surface area contributed by atoms with E-state index in [1.807, 2.05) is 13.8 Å². The topological polar surface area (TPSA) is 90.4 Å². The summed E-state index contributed by atoms with van der Waals surface area (Å²) >= 11 is 0. The minimum absolute atomic E-state index is 0.0442. The Morgan fingerprint density at radius 2 is 1.86 bits per heavy atom. The van der Waals surface area contributed by atoms with E-state index < -0.39 is 35.1 Å². The Bertz CT molecular complexity index is 862. The van der Waals surface area contributed by atoms with Crippen LogP contribution in [-0.2, 0) is 19.1 Å². The maximum atomic E-state index is 14.3. The van der Waals surface area contributed by atoms with Crippen LogP contribution in [0.1, 0.15) is 59.8 Å². The van der Waals surface area contributed by atoms with Crippen LogP contribution in [0.3, 0.4) is 0 Å². The summed E-state index contributed by atoms with van der Waals surface area (Å²) in [6.07, 6.45) is 6.82. The molecular formula is C27H43N3O5. The van der Waals surface area contributed by atoms with Gasteiger partial charge >= 0.3 is 0 Å². The number of hydrogen-bond acceptors (Lipinski definition) is 5. The average Bonchev–Trinajstić information content (AvgIpc) is 3.45. The van der Waals surface area contributed by atoms with Gasteiger partial charge in [-0.2, -0.15) is 0 Å². The second kappa shape index (κ2) is 10.4. The molecule has 3 rings (SSSR count). The number of carbonyl (C=O) groups is 3. The first-order chi connectivity index (χ1) is 16.6. The number of rotatable bonds is 12. The lowest BCUT2D eigenvalue weighted by atomic mass is 9.64. The Kier molecular flexibility index (Phi) is 8.16. The summed E-state index contributed by atoms with van der Waals surface area (Å²) in [5.41, 5.74) is -1.87. The van der Waals surface area contributed by atoms with Crippen molar-refractivity contribution in [3.8, 4) is 0 Å². The molecule has 3 fully saturated rings. The summed E-state index contributed by atoms with van der Waals surface area (Å²) in [5, 5.41) is 10.0. The molecule has 0 radical (unpaired) electrons. The molecule has 0 aliphatic carbocycles. The molecule has 8 nitrogen and oxygen atoms in total. The molecule has 1 spiro atoms. The highest BCUT2D eigenvalue weighted by molar-refractivity contribution is 5.99. The average molecular weight is 490 g/mol. The number of hydrogen-bond donors (Lipinski definition) is 1. The molecule has 2 bridgehead atoms. The van der Waals surface area contributed by atoms with Gasteiger partial charge in [0.25, 0.3) is 0 Å². The van der Waals surface area contributed by atoms with Crippen LogP contribution in [-0.4, -0.2) is 93.6 Å². The van der Waals surface area contributed by atoms with Gasteiger partial charge in [0.1, 0.15) is 11.6 Å². The Balaban J connectivity index is 2.14. The quantitative estimate of drug-likeness (QED) is 0.425. The number of ether oxygens (including phenoxy) is 1. The highest BCUT2D eigenvalue weighted by atomic mass is 16.5. The van der Waals surface area contributed by atoms with Crippen molar-refractivity contribution in [3.05, 3.63) is 25.3 Å². The Hall–Kier alpha value is -2.19. The third-order valence-corrected chi connectivity index (χ3v) is 8.48. The smallest absolute Gasteiger partial charge is 0.248 e. The fourth-order valence-electron chi connectivity index (χ4n) is 6.75. The number of likely N-dealkylation sites (tertiary alicyclic amines) is 1. The molecule has 0 saturated carbocycles. The first-order valence-corrected chi connectivity index (χ1v) is 13.0. The maximum Gasteiger partial charge on any atom is 0.248 e. The molecule has 8 heteroatoms. The molecule has 0 aromatic rings. The van der Waals surface area contributed by atoms with Crippen LogP contribution in [0.5, 0.6) is 0 Å². The van der Waals surface area contributed by atoms with Crippen molar-refractivity contribution in [2.24, 2.45) is 11.8 Å². The van der Waals surface area contributed by atoms with Gasteiger partial charge in [0.2, 0.25) is 17.7 Å². The summed E-state index contributed by atoms with van der Waals surface area (Å²) in [6, 6.07) is -1.51. The van der Waals surface area contributed by atoms with E-state index >= 15 is 0 Å². The SMILES string of the molecule is C=CCN(C)C(=O)[C@@H]1[C@H]2C(=O)N([C@H](C)CO)C(C(=O)N(CC=C)C(C)CCC)C23CC[C@@]1(CC)O3. The second-order valence-electron chi connectivity index (χ2n) is 10.5. The molecule has 3 heterocycles. The number of amides is 3. The van der Waals surface area contributed by atoms with Crippen molar-refractivity contribution in [1.82, 2.24) is 14.7 Å². The Morgan fingerprint density at radius 1 is 1.20 bits per heavy atom. The third-order valence-electron chi connectivity index (χ3n) is 8.48. The second-order valence-corrected chi connectivity index (χ2v) is 10.5. The molecule has 3 saturated heterocycles. The fraction of sp³-hybridized carbons (Fsp3) is 0.741. The van der Waals surface area contributed by atoms with Gasteiger partial charge in [0.05, 0.1) is 30.1 Å². The standard InChI is InChI=1S/C27H43N3O5/c1-8-12-18(5)29(16-10-3)25(34)22-27-14-13-26(11-4,35-27)20(23(32)28(7)15-9-2)21(27)24(33)30(22)19(6)17-31/h9-10,18-22,31H,2-3,8,11-17H2,1,4-7H3/t18?,19-,20+,21+,22?,26-,27?/m1/s1. The molecule has 3 aliphatic rings. The van der Waals surface area contributed by atoms with E-state index in [1.54, 1.807) is 35.9 Å². The first kappa shape index (κ1) is 27.4. The van der Waals surface area contributed by atoms with E-state index in [1.165, 1.54) is 4.90 Å². The summed E-state index contributed by atoms with van der Waals surface area (Å²) in [6.45, 7) is 15.8. The van der Waals surface area contributed by atoms with Crippen molar-refractivity contribution in [2.75, 3.05) is 26.7 Å². The van der Waals surface area contributed by atoms with Gasteiger partial charge in [0, 0.05) is 26.2 Å². The summed E-state index contributed by atoms with van der Waals surface area (Å²) in [7, 11) is 1.71. The van der Waals surface area contributed by atoms with Crippen molar-refractivity contribution >= 4 is 17.7 Å². The number of aliphatic hydroxyl groups excluding tert-OH is 1. The molecule has 7 atom stereocenters. The molecule has 35 heavy (non-hydrogen) atoms. The predicted molar refractivity (Wildman–Crippen MR) is 134 cm³/mol. The molecule has 0 aromatic heterocycles. The summed E-state index contributed by atoms with van der Waals surface area (Å²) in [4.78, 5) is 46.9. The maximum absolute atomic E-state index is 14.3. The number of fused-ring (bicyclic) bond motifs is 1. The fourth-order valence-corrected chi connectivity index (χ4v) is 6.75. The van der Waals surface area contributed by atoms with Crippen LogP contribution in [0.4, 0.5) is 0 Å². The van der Waals surface area contributed by atoms with Gasteiger partial charge in [-0.25, -0.2) is 0 Å². The molecule has 196 valence electrons. The lowest BCUT2D eigenvalue weighted by Gasteiger charge is -2.40. The number of aliphatic hydroxyl groups is 1. The Labute approximate surface area is 210 Å². The van der Waals surface area contributed by atoms with E-state index in [-0.39, 0.29) is 30.4 Å².